The summed E-state index contributed by atoms with van der Waals surface area (Å²) in [7, 11) is 1.84. The van der Waals surface area contributed by atoms with E-state index in [0.717, 1.165) is 50.0 Å². The molecule has 2 aromatic rings. The Bertz CT molecular complexity index is 747. The summed E-state index contributed by atoms with van der Waals surface area (Å²) in [4.78, 5) is 9.38. The number of piperazine rings is 1. The van der Waals surface area contributed by atoms with Crippen molar-refractivity contribution in [1.82, 2.24) is 20.3 Å². The van der Waals surface area contributed by atoms with Gasteiger partial charge in [0.1, 0.15) is 0 Å². The van der Waals surface area contributed by atoms with Crippen LogP contribution in [0.5, 0.6) is 0 Å². The predicted molar refractivity (Wildman–Crippen MR) is 113 cm³/mol. The smallest absolute Gasteiger partial charge is 0.194 e. The first kappa shape index (κ1) is 20.4. The molecule has 3 rings (SSSR count). The van der Waals surface area contributed by atoms with Gasteiger partial charge in [0.05, 0.1) is 12.2 Å². The third-order valence-electron chi connectivity index (χ3n) is 5.43. The van der Waals surface area contributed by atoms with E-state index in [9.17, 15) is 0 Å². The second-order valence-electron chi connectivity index (χ2n) is 7.63. The largest absolute Gasteiger partial charge is 0.359 e. The van der Waals surface area contributed by atoms with Crippen molar-refractivity contribution in [3.63, 3.8) is 0 Å². The minimum Gasteiger partial charge on any atom is -0.359 e. The number of nitrogens with zero attached hydrogens (tertiary/aromatic N) is 4. The lowest BCUT2D eigenvalue weighted by Crippen LogP contribution is -2.52. The zero-order chi connectivity index (χ0) is 19.9. The first-order valence-corrected chi connectivity index (χ1v) is 10.3. The highest BCUT2D eigenvalue weighted by Gasteiger charge is 2.25. The van der Waals surface area contributed by atoms with Crippen LogP contribution in [0.15, 0.2) is 45.9 Å². The summed E-state index contributed by atoms with van der Waals surface area (Å²) in [5, 5.41) is 7.55. The Hall–Kier alpha value is -2.34. The summed E-state index contributed by atoms with van der Waals surface area (Å²) in [6, 6.07) is 13.3. The molecule has 152 valence electrons. The van der Waals surface area contributed by atoms with Gasteiger partial charge in [-0.25, -0.2) is 0 Å². The molecule has 0 amide bonds. The van der Waals surface area contributed by atoms with Gasteiger partial charge in [-0.2, -0.15) is 0 Å². The van der Waals surface area contributed by atoms with Crippen molar-refractivity contribution in [2.45, 2.75) is 45.7 Å². The van der Waals surface area contributed by atoms with Crippen LogP contribution in [-0.4, -0.2) is 54.1 Å². The lowest BCUT2D eigenvalue weighted by molar-refractivity contribution is 0.126. The van der Waals surface area contributed by atoms with E-state index in [1.54, 1.807) is 0 Å². The van der Waals surface area contributed by atoms with Crippen LogP contribution in [0.4, 0.5) is 0 Å². The van der Waals surface area contributed by atoms with Gasteiger partial charge in [0.2, 0.25) is 0 Å². The van der Waals surface area contributed by atoms with Gasteiger partial charge >= 0.3 is 0 Å². The maximum Gasteiger partial charge on any atom is 0.194 e. The molecule has 28 heavy (non-hydrogen) atoms. The minimum absolute atomic E-state index is 0.376. The average Bonchev–Trinajstić information content (AvgIpc) is 3.20. The molecule has 0 aliphatic carbocycles. The molecule has 1 aliphatic rings. The van der Waals surface area contributed by atoms with Gasteiger partial charge in [-0.3, -0.25) is 9.89 Å². The molecular formula is C22H33N5O. The zero-order valence-corrected chi connectivity index (χ0v) is 17.6. The Kier molecular flexibility index (Phi) is 7.09. The first-order chi connectivity index (χ1) is 13.6. The molecule has 0 spiro atoms. The van der Waals surface area contributed by atoms with E-state index in [0.29, 0.717) is 18.5 Å². The topological polar surface area (TPSA) is 56.9 Å². The van der Waals surface area contributed by atoms with Crippen LogP contribution in [0.3, 0.4) is 0 Å². The van der Waals surface area contributed by atoms with E-state index in [4.69, 9.17) is 4.52 Å². The molecule has 1 aromatic carbocycles. The molecule has 0 saturated carbocycles. The van der Waals surface area contributed by atoms with E-state index >= 15 is 0 Å². The van der Waals surface area contributed by atoms with Gasteiger partial charge in [0, 0.05) is 45.3 Å². The fourth-order valence-electron chi connectivity index (χ4n) is 3.81. The summed E-state index contributed by atoms with van der Waals surface area (Å²) in [6.45, 7) is 11.1. The Morgan fingerprint density at radius 2 is 1.89 bits per heavy atom. The van der Waals surface area contributed by atoms with E-state index in [2.05, 4.69) is 76.4 Å². The maximum absolute atomic E-state index is 5.43. The van der Waals surface area contributed by atoms with Gasteiger partial charge in [-0.1, -0.05) is 56.3 Å². The fraction of sp³-hybridized carbons (Fsp3) is 0.545. The molecule has 0 radical (unpaired) electrons. The van der Waals surface area contributed by atoms with Crippen molar-refractivity contribution in [2.75, 3.05) is 33.2 Å². The number of aromatic nitrogens is 1. The molecule has 1 N–H and O–H groups in total. The van der Waals surface area contributed by atoms with Crippen molar-refractivity contribution < 1.29 is 4.52 Å². The Morgan fingerprint density at radius 3 is 2.46 bits per heavy atom. The summed E-state index contributed by atoms with van der Waals surface area (Å²) in [5.74, 6) is 2.15. The van der Waals surface area contributed by atoms with Gasteiger partial charge in [0.25, 0.3) is 0 Å². The lowest BCUT2D eigenvalue weighted by Gasteiger charge is -2.40. The SMILES string of the molecule is CCC(c1ccccc1)N1CCN(C(=NC)NCc2cc(C(C)C)no2)CC1. The van der Waals surface area contributed by atoms with Gasteiger partial charge < -0.3 is 14.7 Å². The number of guanidine groups is 1. The van der Waals surface area contributed by atoms with E-state index in [1.165, 1.54) is 5.56 Å². The minimum atomic E-state index is 0.376. The number of hydrogen-bond acceptors (Lipinski definition) is 4. The Balaban J connectivity index is 1.53. The lowest BCUT2D eigenvalue weighted by atomic mass is 10.0. The third kappa shape index (κ3) is 4.93. The summed E-state index contributed by atoms with van der Waals surface area (Å²) in [6.07, 6.45) is 1.13. The highest BCUT2D eigenvalue weighted by Crippen LogP contribution is 2.25. The molecule has 1 atom stereocenters. The van der Waals surface area contributed by atoms with Gasteiger partial charge in [-0.05, 0) is 17.9 Å². The van der Waals surface area contributed by atoms with Crippen molar-refractivity contribution in [3.05, 3.63) is 53.4 Å². The average molecular weight is 384 g/mol. The fourth-order valence-corrected chi connectivity index (χ4v) is 3.81. The second kappa shape index (κ2) is 9.73. The third-order valence-corrected chi connectivity index (χ3v) is 5.43. The number of benzene rings is 1. The van der Waals surface area contributed by atoms with Crippen LogP contribution >= 0.6 is 0 Å². The quantitative estimate of drug-likeness (QED) is 0.610. The van der Waals surface area contributed by atoms with Crippen molar-refractivity contribution in [2.24, 2.45) is 4.99 Å². The van der Waals surface area contributed by atoms with E-state index in [1.807, 2.05) is 13.1 Å². The molecule has 0 bridgehead atoms. The van der Waals surface area contributed by atoms with Crippen LogP contribution in [0.25, 0.3) is 0 Å². The van der Waals surface area contributed by atoms with Crippen LogP contribution in [-0.2, 0) is 6.54 Å². The van der Waals surface area contributed by atoms with E-state index < -0.39 is 0 Å². The molecule has 6 heteroatoms. The number of rotatable bonds is 6. The van der Waals surface area contributed by atoms with Crippen LogP contribution < -0.4 is 5.32 Å². The van der Waals surface area contributed by atoms with Crippen LogP contribution in [0.1, 0.15) is 56.2 Å². The molecule has 1 aromatic heterocycles. The molecule has 1 aliphatic heterocycles. The predicted octanol–water partition coefficient (Wildman–Crippen LogP) is 3.64. The van der Waals surface area contributed by atoms with Gasteiger partial charge in [-0.15, -0.1) is 0 Å². The second-order valence-corrected chi connectivity index (χ2v) is 7.63. The number of hydrogen-bond donors (Lipinski definition) is 1. The van der Waals surface area contributed by atoms with Crippen molar-refractivity contribution >= 4 is 5.96 Å². The van der Waals surface area contributed by atoms with Gasteiger partial charge in [0.15, 0.2) is 11.7 Å². The number of aliphatic imine (C=N–C) groups is 1. The maximum atomic E-state index is 5.43. The summed E-state index contributed by atoms with van der Waals surface area (Å²) in [5.41, 5.74) is 2.40. The zero-order valence-electron chi connectivity index (χ0n) is 17.6. The molecule has 6 nitrogen and oxygen atoms in total. The highest BCUT2D eigenvalue weighted by atomic mass is 16.5. The van der Waals surface area contributed by atoms with E-state index in [-0.39, 0.29) is 0 Å². The monoisotopic (exact) mass is 383 g/mol. The first-order valence-electron chi connectivity index (χ1n) is 10.3. The normalized spacial score (nSPS) is 17.2. The molecule has 1 saturated heterocycles. The summed E-state index contributed by atoms with van der Waals surface area (Å²) < 4.78 is 5.43. The molecule has 2 heterocycles. The molecule has 1 fully saturated rings. The van der Waals surface area contributed by atoms with Crippen molar-refractivity contribution in [1.29, 1.82) is 0 Å². The van der Waals surface area contributed by atoms with Crippen LogP contribution in [0, 0.1) is 0 Å². The summed E-state index contributed by atoms with van der Waals surface area (Å²) >= 11 is 0. The Morgan fingerprint density at radius 1 is 1.18 bits per heavy atom. The highest BCUT2D eigenvalue weighted by molar-refractivity contribution is 5.79. The van der Waals surface area contributed by atoms with Crippen LogP contribution in [0.2, 0.25) is 0 Å². The Labute approximate surface area is 168 Å². The number of nitrogens with one attached hydrogen (secondary N) is 1. The molecule has 1 unspecified atom stereocenters. The van der Waals surface area contributed by atoms with Crippen molar-refractivity contribution in [3.8, 4) is 0 Å². The molecular weight excluding hydrogens is 350 g/mol. The standard InChI is InChI=1S/C22H33N5O/c1-5-21(18-9-7-6-8-10-18)26-11-13-27(14-12-26)22(23-4)24-16-19-15-20(17(2)3)25-28-19/h6-10,15,17,21H,5,11-14,16H2,1-4H3,(H,23,24).